The first-order chi connectivity index (χ1) is 17.2. The van der Waals surface area contributed by atoms with E-state index in [2.05, 4.69) is 26.5 Å². The van der Waals surface area contributed by atoms with Crippen LogP contribution in [0.25, 0.3) is 0 Å². The average molecular weight is 576 g/mol. The molecule has 36 heavy (non-hydrogen) atoms. The van der Waals surface area contributed by atoms with Gasteiger partial charge in [0, 0.05) is 0 Å². The van der Waals surface area contributed by atoms with Gasteiger partial charge in [-0.3, -0.25) is 9.10 Å². The molecule has 11 heteroatoms. The summed E-state index contributed by atoms with van der Waals surface area (Å²) in [6.07, 6.45) is 1.42. The third kappa shape index (κ3) is 6.35. The first-order valence-electron chi connectivity index (χ1n) is 10.7. The van der Waals surface area contributed by atoms with E-state index in [4.69, 9.17) is 14.2 Å². The van der Waals surface area contributed by atoms with Crippen LogP contribution < -0.4 is 23.9 Å². The number of aryl methyl sites for hydroxylation is 1. The van der Waals surface area contributed by atoms with Crippen LogP contribution in [0.15, 0.2) is 75.1 Å². The van der Waals surface area contributed by atoms with Crippen molar-refractivity contribution in [1.82, 2.24) is 5.43 Å². The predicted octanol–water partition coefficient (Wildman–Crippen LogP) is 4.13. The van der Waals surface area contributed by atoms with Gasteiger partial charge in [-0.05, 0) is 76.9 Å². The van der Waals surface area contributed by atoms with Crippen LogP contribution in [0.5, 0.6) is 17.2 Å². The summed E-state index contributed by atoms with van der Waals surface area (Å²) in [5.74, 6) is 0.930. The Kier molecular flexibility index (Phi) is 8.94. The summed E-state index contributed by atoms with van der Waals surface area (Å²) in [6, 6.07) is 16.4. The van der Waals surface area contributed by atoms with Crippen LogP contribution in [0.2, 0.25) is 0 Å². The molecule has 0 radical (unpaired) electrons. The maximum absolute atomic E-state index is 13.6. The highest BCUT2D eigenvalue weighted by atomic mass is 79.9. The number of benzene rings is 3. The molecule has 0 saturated heterocycles. The molecule has 0 spiro atoms. The highest BCUT2D eigenvalue weighted by Crippen LogP contribution is 2.31. The Balaban J connectivity index is 1.84. The number of hydrogen-bond donors (Lipinski definition) is 1. The summed E-state index contributed by atoms with van der Waals surface area (Å²) in [5.41, 5.74) is 4.33. The monoisotopic (exact) mass is 575 g/mol. The number of rotatable bonds is 10. The highest BCUT2D eigenvalue weighted by molar-refractivity contribution is 9.10. The standard InChI is InChI=1S/C25H26BrN3O6S/c1-17-5-8-19(9-6-17)29(36(31,32)20-10-12-22(33-2)21(26)14-20)16-25(30)28-27-15-18-7-11-23(34-3)24(13-18)35-4/h5-15H,16H2,1-4H3,(H,28,30)/b27-15+. The van der Waals surface area contributed by atoms with E-state index in [-0.39, 0.29) is 4.90 Å². The van der Waals surface area contributed by atoms with Crippen molar-refractivity contribution >= 4 is 43.8 Å². The van der Waals surface area contributed by atoms with Crippen LogP contribution in [-0.2, 0) is 14.8 Å². The van der Waals surface area contributed by atoms with Gasteiger partial charge in [0.2, 0.25) is 0 Å². The molecule has 3 rings (SSSR count). The van der Waals surface area contributed by atoms with Gasteiger partial charge >= 0.3 is 0 Å². The van der Waals surface area contributed by atoms with Gasteiger partial charge in [0.15, 0.2) is 11.5 Å². The van der Waals surface area contributed by atoms with Gasteiger partial charge in [-0.2, -0.15) is 5.10 Å². The lowest BCUT2D eigenvalue weighted by Crippen LogP contribution is -2.39. The lowest BCUT2D eigenvalue weighted by molar-refractivity contribution is -0.119. The smallest absolute Gasteiger partial charge is 0.264 e. The number of hydrogen-bond acceptors (Lipinski definition) is 7. The van der Waals surface area contributed by atoms with Gasteiger partial charge in [0.05, 0.1) is 42.6 Å². The van der Waals surface area contributed by atoms with Gasteiger partial charge < -0.3 is 14.2 Å². The first kappa shape index (κ1) is 27.0. The Hall–Kier alpha value is -3.57. The SMILES string of the molecule is COc1ccc(S(=O)(=O)N(CC(=O)N/N=C/c2ccc(OC)c(OC)c2)c2ccc(C)cc2)cc1Br. The zero-order chi connectivity index (χ0) is 26.3. The van der Waals surface area contributed by atoms with E-state index < -0.39 is 22.5 Å². The molecule has 0 aliphatic heterocycles. The van der Waals surface area contributed by atoms with Crippen molar-refractivity contribution < 1.29 is 27.4 Å². The number of methoxy groups -OCH3 is 3. The Morgan fingerprint density at radius 1 is 0.944 bits per heavy atom. The fourth-order valence-electron chi connectivity index (χ4n) is 3.24. The molecule has 0 bridgehead atoms. The number of halogens is 1. The van der Waals surface area contributed by atoms with Crippen molar-refractivity contribution in [3.05, 3.63) is 76.3 Å². The van der Waals surface area contributed by atoms with Crippen molar-refractivity contribution in [3.63, 3.8) is 0 Å². The van der Waals surface area contributed by atoms with Gasteiger partial charge in [-0.15, -0.1) is 0 Å². The maximum atomic E-state index is 13.6. The first-order valence-corrected chi connectivity index (χ1v) is 12.9. The number of carbonyl (C=O) groups excluding carboxylic acids is 1. The Morgan fingerprint density at radius 2 is 1.58 bits per heavy atom. The van der Waals surface area contributed by atoms with E-state index in [1.165, 1.54) is 45.7 Å². The van der Waals surface area contributed by atoms with Gasteiger partial charge in [-0.1, -0.05) is 17.7 Å². The Bertz CT molecular complexity index is 1360. The van der Waals surface area contributed by atoms with Crippen LogP contribution in [-0.4, -0.2) is 48.4 Å². The van der Waals surface area contributed by atoms with Crippen molar-refractivity contribution in [1.29, 1.82) is 0 Å². The third-order valence-electron chi connectivity index (χ3n) is 5.13. The summed E-state index contributed by atoms with van der Waals surface area (Å²) in [7, 11) is 0.435. The molecule has 0 atom stereocenters. The molecule has 1 N–H and O–H groups in total. The number of carbonyl (C=O) groups is 1. The molecule has 9 nitrogen and oxygen atoms in total. The number of hydrazone groups is 1. The van der Waals surface area contributed by atoms with Crippen molar-refractivity contribution in [3.8, 4) is 17.2 Å². The second kappa shape index (κ2) is 11.9. The van der Waals surface area contributed by atoms with Crippen molar-refractivity contribution in [2.45, 2.75) is 11.8 Å². The molecule has 0 saturated carbocycles. The van der Waals surface area contributed by atoms with Crippen LogP contribution in [0.4, 0.5) is 5.69 Å². The van der Waals surface area contributed by atoms with Gasteiger partial charge in [0.25, 0.3) is 15.9 Å². The number of nitrogens with zero attached hydrogens (tertiary/aromatic N) is 2. The van der Waals surface area contributed by atoms with E-state index in [0.29, 0.717) is 33.0 Å². The van der Waals surface area contributed by atoms with E-state index >= 15 is 0 Å². The number of sulfonamides is 1. The maximum Gasteiger partial charge on any atom is 0.264 e. The molecule has 3 aromatic rings. The minimum atomic E-state index is -4.10. The number of nitrogens with one attached hydrogen (secondary N) is 1. The molecule has 3 aromatic carbocycles. The Labute approximate surface area is 218 Å². The lowest BCUT2D eigenvalue weighted by Gasteiger charge is -2.24. The van der Waals surface area contributed by atoms with Gasteiger partial charge in [-0.25, -0.2) is 13.8 Å². The quantitative estimate of drug-likeness (QED) is 0.288. The molecular formula is C25H26BrN3O6S. The third-order valence-corrected chi connectivity index (χ3v) is 7.52. The second-order valence-corrected chi connectivity index (χ2v) is 10.3. The topological polar surface area (TPSA) is 107 Å². The highest BCUT2D eigenvalue weighted by Gasteiger charge is 2.28. The van der Waals surface area contributed by atoms with Crippen molar-refractivity contribution in [2.24, 2.45) is 5.10 Å². The molecule has 190 valence electrons. The largest absolute Gasteiger partial charge is 0.496 e. The van der Waals surface area contributed by atoms with Gasteiger partial charge in [0.1, 0.15) is 12.3 Å². The minimum absolute atomic E-state index is 0.00243. The summed E-state index contributed by atoms with van der Waals surface area (Å²) in [4.78, 5) is 12.7. The van der Waals surface area contributed by atoms with Crippen LogP contribution >= 0.6 is 15.9 Å². The summed E-state index contributed by atoms with van der Waals surface area (Å²) in [6.45, 7) is 1.40. The zero-order valence-electron chi connectivity index (χ0n) is 20.2. The Morgan fingerprint density at radius 3 is 2.19 bits per heavy atom. The summed E-state index contributed by atoms with van der Waals surface area (Å²) in [5, 5.41) is 3.96. The molecule has 0 heterocycles. The van der Waals surface area contributed by atoms with E-state index in [1.54, 1.807) is 42.5 Å². The predicted molar refractivity (Wildman–Crippen MR) is 142 cm³/mol. The molecule has 0 aliphatic carbocycles. The summed E-state index contributed by atoms with van der Waals surface area (Å²) >= 11 is 3.32. The number of anilines is 1. The molecule has 0 fully saturated rings. The van der Waals surface area contributed by atoms with E-state index in [1.807, 2.05) is 6.92 Å². The molecule has 0 aromatic heterocycles. The minimum Gasteiger partial charge on any atom is -0.496 e. The molecular weight excluding hydrogens is 550 g/mol. The normalized spacial score (nSPS) is 11.2. The van der Waals surface area contributed by atoms with Crippen LogP contribution in [0, 0.1) is 6.92 Å². The zero-order valence-corrected chi connectivity index (χ0v) is 22.6. The fraction of sp³-hybridized carbons (Fsp3) is 0.200. The molecule has 0 unspecified atom stereocenters. The molecule has 0 aliphatic rings. The molecule has 1 amide bonds. The fourth-order valence-corrected chi connectivity index (χ4v) is 5.38. The summed E-state index contributed by atoms with van der Waals surface area (Å²) < 4.78 is 44.3. The van der Waals surface area contributed by atoms with Crippen LogP contribution in [0.1, 0.15) is 11.1 Å². The number of amides is 1. The van der Waals surface area contributed by atoms with Crippen molar-refractivity contribution in [2.75, 3.05) is 32.2 Å². The van der Waals surface area contributed by atoms with E-state index in [9.17, 15) is 13.2 Å². The average Bonchev–Trinajstić information content (AvgIpc) is 2.87. The number of ether oxygens (including phenoxy) is 3. The van der Waals surface area contributed by atoms with E-state index in [0.717, 1.165) is 9.87 Å². The van der Waals surface area contributed by atoms with Crippen LogP contribution in [0.3, 0.4) is 0 Å². The lowest BCUT2D eigenvalue weighted by atomic mass is 10.2. The second-order valence-electron chi connectivity index (χ2n) is 7.55.